The molecule has 1 rings (SSSR count). The van der Waals surface area contributed by atoms with Gasteiger partial charge in [-0.25, -0.2) is 0 Å². The van der Waals surface area contributed by atoms with Gasteiger partial charge in [-0.05, 0) is 37.8 Å². The molecule has 0 saturated heterocycles. The van der Waals surface area contributed by atoms with Crippen molar-refractivity contribution in [2.45, 2.75) is 59.4 Å². The van der Waals surface area contributed by atoms with Gasteiger partial charge < -0.3 is 5.32 Å². The number of benzene rings is 1. The zero-order valence-electron chi connectivity index (χ0n) is 12.5. The van der Waals surface area contributed by atoms with Crippen LogP contribution in [0.25, 0.3) is 0 Å². The lowest BCUT2D eigenvalue weighted by atomic mass is 9.93. The molecule has 0 saturated carbocycles. The molecule has 0 aliphatic rings. The van der Waals surface area contributed by atoms with Crippen molar-refractivity contribution >= 4 is 0 Å². The van der Waals surface area contributed by atoms with Crippen LogP contribution in [0.4, 0.5) is 0 Å². The summed E-state index contributed by atoms with van der Waals surface area (Å²) in [5.74, 6) is 0.823. The first-order chi connectivity index (χ1) is 8.65. The van der Waals surface area contributed by atoms with Crippen LogP contribution in [0.15, 0.2) is 24.3 Å². The predicted octanol–water partition coefficient (Wildman–Crippen LogP) is 4.34. The topological polar surface area (TPSA) is 12.0 Å². The Morgan fingerprint density at radius 3 is 2.61 bits per heavy atom. The molecular weight excluding hydrogens is 218 g/mol. The van der Waals surface area contributed by atoms with E-state index in [1.54, 1.807) is 0 Å². The summed E-state index contributed by atoms with van der Waals surface area (Å²) in [5.41, 5.74) is 2.83. The van der Waals surface area contributed by atoms with E-state index >= 15 is 0 Å². The Hall–Kier alpha value is -0.820. The van der Waals surface area contributed by atoms with Crippen LogP contribution in [-0.2, 0) is 6.42 Å². The van der Waals surface area contributed by atoms with E-state index in [1.165, 1.54) is 30.4 Å². The molecule has 1 N–H and O–H groups in total. The second-order valence-electron chi connectivity index (χ2n) is 5.58. The highest BCUT2D eigenvalue weighted by Crippen LogP contribution is 2.16. The highest BCUT2D eigenvalue weighted by molar-refractivity contribution is 5.23. The molecule has 0 heterocycles. The number of likely N-dealkylation sites (N-methyl/N-ethyl adjacent to an activating group) is 1. The second kappa shape index (κ2) is 8.31. The number of aryl methyl sites for hydroxylation is 1. The smallest absolute Gasteiger partial charge is 0.0110 e. The van der Waals surface area contributed by atoms with E-state index in [0.717, 1.165) is 18.9 Å². The summed E-state index contributed by atoms with van der Waals surface area (Å²) >= 11 is 0. The SMILES string of the molecule is CCCC(C)CC(Cc1cccc(C)c1)NCC. The van der Waals surface area contributed by atoms with Gasteiger partial charge in [0, 0.05) is 6.04 Å². The molecule has 1 heteroatoms. The van der Waals surface area contributed by atoms with Crippen molar-refractivity contribution in [2.75, 3.05) is 6.54 Å². The maximum atomic E-state index is 3.64. The first-order valence-electron chi connectivity index (χ1n) is 7.44. The Morgan fingerprint density at radius 2 is 2.00 bits per heavy atom. The average molecular weight is 247 g/mol. The third-order valence-electron chi connectivity index (χ3n) is 3.53. The molecule has 0 aromatic heterocycles. The van der Waals surface area contributed by atoms with E-state index in [0.29, 0.717) is 6.04 Å². The zero-order chi connectivity index (χ0) is 13.4. The van der Waals surface area contributed by atoms with Crippen molar-refractivity contribution < 1.29 is 0 Å². The van der Waals surface area contributed by atoms with E-state index in [-0.39, 0.29) is 0 Å². The van der Waals surface area contributed by atoms with Gasteiger partial charge in [-0.3, -0.25) is 0 Å². The molecule has 0 radical (unpaired) electrons. The monoisotopic (exact) mass is 247 g/mol. The van der Waals surface area contributed by atoms with Gasteiger partial charge in [-0.1, -0.05) is 63.4 Å². The summed E-state index contributed by atoms with van der Waals surface area (Å²) in [6.07, 6.45) is 5.08. The van der Waals surface area contributed by atoms with Crippen molar-refractivity contribution in [1.29, 1.82) is 0 Å². The molecule has 1 aromatic carbocycles. The lowest BCUT2D eigenvalue weighted by Gasteiger charge is -2.22. The van der Waals surface area contributed by atoms with Crippen molar-refractivity contribution in [1.82, 2.24) is 5.32 Å². The van der Waals surface area contributed by atoms with Crippen molar-refractivity contribution in [3.8, 4) is 0 Å². The third-order valence-corrected chi connectivity index (χ3v) is 3.53. The molecule has 0 aliphatic heterocycles. The molecular formula is C17H29N. The molecule has 2 atom stereocenters. The van der Waals surface area contributed by atoms with Crippen LogP contribution in [0.1, 0.15) is 51.2 Å². The highest BCUT2D eigenvalue weighted by Gasteiger charge is 2.12. The van der Waals surface area contributed by atoms with Crippen LogP contribution in [0.3, 0.4) is 0 Å². The average Bonchev–Trinajstić information content (AvgIpc) is 2.29. The fraction of sp³-hybridized carbons (Fsp3) is 0.647. The number of hydrogen-bond donors (Lipinski definition) is 1. The predicted molar refractivity (Wildman–Crippen MR) is 81.0 cm³/mol. The Morgan fingerprint density at radius 1 is 1.22 bits per heavy atom. The Labute approximate surface area is 113 Å². The van der Waals surface area contributed by atoms with E-state index in [2.05, 4.69) is 57.3 Å². The van der Waals surface area contributed by atoms with E-state index < -0.39 is 0 Å². The normalized spacial score (nSPS) is 14.4. The van der Waals surface area contributed by atoms with E-state index in [1.807, 2.05) is 0 Å². The van der Waals surface area contributed by atoms with Crippen molar-refractivity contribution in [3.63, 3.8) is 0 Å². The molecule has 0 spiro atoms. The minimum absolute atomic E-state index is 0.623. The second-order valence-corrected chi connectivity index (χ2v) is 5.58. The Kier molecular flexibility index (Phi) is 7.04. The van der Waals surface area contributed by atoms with E-state index in [9.17, 15) is 0 Å². The first-order valence-corrected chi connectivity index (χ1v) is 7.44. The van der Waals surface area contributed by atoms with Gasteiger partial charge in [0.15, 0.2) is 0 Å². The number of rotatable bonds is 8. The first kappa shape index (κ1) is 15.2. The van der Waals surface area contributed by atoms with Crippen LogP contribution in [0.2, 0.25) is 0 Å². The maximum absolute atomic E-state index is 3.64. The largest absolute Gasteiger partial charge is 0.314 e. The minimum Gasteiger partial charge on any atom is -0.314 e. The summed E-state index contributed by atoms with van der Waals surface area (Å²) in [6, 6.07) is 9.53. The lowest BCUT2D eigenvalue weighted by Crippen LogP contribution is -2.32. The summed E-state index contributed by atoms with van der Waals surface area (Å²) in [7, 11) is 0. The van der Waals surface area contributed by atoms with Crippen LogP contribution >= 0.6 is 0 Å². The minimum atomic E-state index is 0.623. The van der Waals surface area contributed by atoms with Gasteiger partial charge in [0.1, 0.15) is 0 Å². The Balaban J connectivity index is 2.56. The van der Waals surface area contributed by atoms with Gasteiger partial charge >= 0.3 is 0 Å². The van der Waals surface area contributed by atoms with Crippen LogP contribution < -0.4 is 5.32 Å². The van der Waals surface area contributed by atoms with Gasteiger partial charge in [0.25, 0.3) is 0 Å². The van der Waals surface area contributed by atoms with Crippen LogP contribution in [0.5, 0.6) is 0 Å². The number of hydrogen-bond acceptors (Lipinski definition) is 1. The quantitative estimate of drug-likeness (QED) is 0.720. The van der Waals surface area contributed by atoms with Gasteiger partial charge in [-0.2, -0.15) is 0 Å². The van der Waals surface area contributed by atoms with Gasteiger partial charge in [-0.15, -0.1) is 0 Å². The summed E-state index contributed by atoms with van der Waals surface area (Å²) in [4.78, 5) is 0. The summed E-state index contributed by atoms with van der Waals surface area (Å²) in [6.45, 7) is 10.1. The van der Waals surface area contributed by atoms with Gasteiger partial charge in [0.05, 0.1) is 0 Å². The fourth-order valence-electron chi connectivity index (χ4n) is 2.75. The van der Waals surface area contributed by atoms with Crippen molar-refractivity contribution in [2.24, 2.45) is 5.92 Å². The van der Waals surface area contributed by atoms with Crippen LogP contribution in [0, 0.1) is 12.8 Å². The standard InChI is InChI=1S/C17H29N/c1-5-8-14(3)12-17(18-6-2)13-16-10-7-9-15(4)11-16/h7,9-11,14,17-18H,5-6,8,12-13H2,1-4H3. The molecule has 0 bridgehead atoms. The molecule has 18 heavy (non-hydrogen) atoms. The summed E-state index contributed by atoms with van der Waals surface area (Å²) in [5, 5.41) is 3.64. The highest BCUT2D eigenvalue weighted by atomic mass is 14.9. The lowest BCUT2D eigenvalue weighted by molar-refractivity contribution is 0.385. The maximum Gasteiger partial charge on any atom is 0.0110 e. The van der Waals surface area contributed by atoms with Crippen LogP contribution in [-0.4, -0.2) is 12.6 Å². The molecule has 0 amide bonds. The Bertz CT molecular complexity index is 332. The molecule has 0 aliphatic carbocycles. The fourth-order valence-corrected chi connectivity index (χ4v) is 2.75. The molecule has 102 valence electrons. The molecule has 2 unspecified atom stereocenters. The molecule has 1 aromatic rings. The van der Waals surface area contributed by atoms with Gasteiger partial charge in [0.2, 0.25) is 0 Å². The zero-order valence-corrected chi connectivity index (χ0v) is 12.5. The third kappa shape index (κ3) is 5.68. The van der Waals surface area contributed by atoms with E-state index in [4.69, 9.17) is 0 Å². The molecule has 1 nitrogen and oxygen atoms in total. The van der Waals surface area contributed by atoms with Crippen molar-refractivity contribution in [3.05, 3.63) is 35.4 Å². The summed E-state index contributed by atoms with van der Waals surface area (Å²) < 4.78 is 0. The number of nitrogens with one attached hydrogen (secondary N) is 1. The molecule has 0 fully saturated rings.